The van der Waals surface area contributed by atoms with Crippen LogP contribution < -0.4 is 0 Å². The first-order valence-corrected chi connectivity index (χ1v) is 4.72. The molecule has 0 aromatic heterocycles. The predicted molar refractivity (Wildman–Crippen MR) is 58.2 cm³/mol. The van der Waals surface area contributed by atoms with Gasteiger partial charge >= 0.3 is 17.1 Å². The van der Waals surface area contributed by atoms with E-state index in [1.54, 1.807) is 0 Å². The standard InChI is InChI=1S/C8H11.C5H5.Fe/c1-3-8-6-4-5-7(8)2;1-2-4-5-3-1;/h4-6H,3H2,1-2H3;1-5H;/q2*-1;+2. The fraction of sp³-hybridized carbons (Fsp3) is 0.231. The van der Waals surface area contributed by atoms with Gasteiger partial charge in [-0.15, -0.1) is 0 Å². The Hall–Kier alpha value is -0.781. The van der Waals surface area contributed by atoms with Gasteiger partial charge in [-0.3, -0.25) is 0 Å². The minimum Gasteiger partial charge on any atom is -0.214 e. The Balaban J connectivity index is 0.000000246. The van der Waals surface area contributed by atoms with Gasteiger partial charge in [0, 0.05) is 0 Å². The molecule has 0 aliphatic rings. The monoisotopic (exact) mass is 228 g/mol. The number of hydrogen-bond acceptors (Lipinski definition) is 0. The average molecular weight is 228 g/mol. The SMILES string of the molecule is CC[c-]1cccc1C.[Fe+2].c1cc[cH-]c1. The molecular formula is C13H16Fe. The number of rotatable bonds is 1. The Morgan fingerprint density at radius 1 is 1.21 bits per heavy atom. The molecule has 76 valence electrons. The Kier molecular flexibility index (Phi) is 7.18. The number of hydrogen-bond donors (Lipinski definition) is 0. The van der Waals surface area contributed by atoms with Gasteiger partial charge in [-0.1, -0.05) is 20.3 Å². The largest absolute Gasteiger partial charge is 2.00 e. The zero-order valence-electron chi connectivity index (χ0n) is 8.68. The fourth-order valence-electron chi connectivity index (χ4n) is 1.26. The molecule has 0 bridgehead atoms. The van der Waals surface area contributed by atoms with Gasteiger partial charge in [0.2, 0.25) is 0 Å². The molecule has 0 fully saturated rings. The van der Waals surface area contributed by atoms with Gasteiger partial charge in [-0.2, -0.15) is 35.4 Å². The van der Waals surface area contributed by atoms with Crippen molar-refractivity contribution >= 4 is 0 Å². The molecule has 2 aromatic rings. The minimum absolute atomic E-state index is 0. The van der Waals surface area contributed by atoms with Crippen molar-refractivity contribution in [1.29, 1.82) is 0 Å². The quantitative estimate of drug-likeness (QED) is 0.516. The predicted octanol–water partition coefficient (Wildman–Crippen LogP) is 3.68. The van der Waals surface area contributed by atoms with Crippen LogP contribution in [0.4, 0.5) is 0 Å². The van der Waals surface area contributed by atoms with Gasteiger partial charge in [0.05, 0.1) is 0 Å². The Bertz CT molecular complexity index is 286. The third-order valence-electron chi connectivity index (χ3n) is 2.09. The summed E-state index contributed by atoms with van der Waals surface area (Å²) in [7, 11) is 0. The van der Waals surface area contributed by atoms with Crippen LogP contribution >= 0.6 is 0 Å². The summed E-state index contributed by atoms with van der Waals surface area (Å²) in [6.07, 6.45) is 1.17. The molecule has 0 unspecified atom stereocenters. The van der Waals surface area contributed by atoms with Gasteiger partial charge in [0.25, 0.3) is 0 Å². The van der Waals surface area contributed by atoms with E-state index < -0.39 is 0 Å². The normalized spacial score (nSPS) is 8.43. The topological polar surface area (TPSA) is 0 Å². The van der Waals surface area contributed by atoms with E-state index in [0.717, 1.165) is 0 Å². The van der Waals surface area contributed by atoms with Crippen LogP contribution in [0, 0.1) is 6.92 Å². The summed E-state index contributed by atoms with van der Waals surface area (Å²) in [5.74, 6) is 0. The second-order valence-electron chi connectivity index (χ2n) is 3.05. The van der Waals surface area contributed by atoms with Crippen LogP contribution in [0.25, 0.3) is 0 Å². The smallest absolute Gasteiger partial charge is 0.214 e. The maximum atomic E-state index is 2.18. The molecule has 14 heavy (non-hydrogen) atoms. The van der Waals surface area contributed by atoms with Gasteiger partial charge in [0.15, 0.2) is 0 Å². The zero-order valence-corrected chi connectivity index (χ0v) is 9.78. The van der Waals surface area contributed by atoms with Gasteiger partial charge in [-0.05, 0) is 0 Å². The molecule has 0 spiro atoms. The van der Waals surface area contributed by atoms with Crippen molar-refractivity contribution in [3.63, 3.8) is 0 Å². The minimum atomic E-state index is 0. The first kappa shape index (κ1) is 13.2. The molecule has 0 saturated heterocycles. The molecule has 1 heteroatoms. The van der Waals surface area contributed by atoms with Gasteiger partial charge in [0.1, 0.15) is 0 Å². The van der Waals surface area contributed by atoms with E-state index in [1.807, 2.05) is 30.3 Å². The summed E-state index contributed by atoms with van der Waals surface area (Å²) >= 11 is 0. The van der Waals surface area contributed by atoms with Crippen LogP contribution in [0.3, 0.4) is 0 Å². The Labute approximate surface area is 97.2 Å². The molecule has 0 heterocycles. The molecule has 0 aliphatic carbocycles. The van der Waals surface area contributed by atoms with Crippen molar-refractivity contribution in [2.24, 2.45) is 0 Å². The summed E-state index contributed by atoms with van der Waals surface area (Å²) in [4.78, 5) is 0. The van der Waals surface area contributed by atoms with Crippen molar-refractivity contribution in [3.05, 3.63) is 59.7 Å². The Morgan fingerprint density at radius 3 is 2.07 bits per heavy atom. The number of aryl methyl sites for hydroxylation is 2. The van der Waals surface area contributed by atoms with Crippen LogP contribution in [0.2, 0.25) is 0 Å². The van der Waals surface area contributed by atoms with E-state index in [9.17, 15) is 0 Å². The molecule has 0 atom stereocenters. The molecule has 0 amide bonds. The van der Waals surface area contributed by atoms with Crippen molar-refractivity contribution in [2.45, 2.75) is 20.3 Å². The molecular weight excluding hydrogens is 212 g/mol. The first-order valence-electron chi connectivity index (χ1n) is 4.72. The average Bonchev–Trinajstić information content (AvgIpc) is 2.76. The fourth-order valence-corrected chi connectivity index (χ4v) is 1.26. The molecule has 0 radical (unpaired) electrons. The van der Waals surface area contributed by atoms with Crippen molar-refractivity contribution < 1.29 is 17.1 Å². The van der Waals surface area contributed by atoms with E-state index in [2.05, 4.69) is 32.0 Å². The van der Waals surface area contributed by atoms with Crippen molar-refractivity contribution in [3.8, 4) is 0 Å². The van der Waals surface area contributed by atoms with E-state index in [0.29, 0.717) is 0 Å². The first-order chi connectivity index (χ1) is 6.34. The summed E-state index contributed by atoms with van der Waals surface area (Å²) in [6, 6.07) is 16.4. The summed E-state index contributed by atoms with van der Waals surface area (Å²) in [5.41, 5.74) is 2.90. The molecule has 0 saturated carbocycles. The van der Waals surface area contributed by atoms with Crippen molar-refractivity contribution in [2.75, 3.05) is 0 Å². The van der Waals surface area contributed by atoms with Gasteiger partial charge in [-0.25, -0.2) is 24.3 Å². The van der Waals surface area contributed by atoms with Gasteiger partial charge < -0.3 is 0 Å². The van der Waals surface area contributed by atoms with E-state index in [1.165, 1.54) is 17.5 Å². The van der Waals surface area contributed by atoms with E-state index in [-0.39, 0.29) is 17.1 Å². The summed E-state index contributed by atoms with van der Waals surface area (Å²) in [6.45, 7) is 4.33. The maximum Gasteiger partial charge on any atom is 2.00 e. The van der Waals surface area contributed by atoms with E-state index >= 15 is 0 Å². The third-order valence-corrected chi connectivity index (χ3v) is 2.09. The van der Waals surface area contributed by atoms with Crippen LogP contribution in [0.5, 0.6) is 0 Å². The van der Waals surface area contributed by atoms with Crippen LogP contribution in [0.15, 0.2) is 48.5 Å². The van der Waals surface area contributed by atoms with Crippen molar-refractivity contribution in [1.82, 2.24) is 0 Å². The van der Waals surface area contributed by atoms with Crippen LogP contribution in [0.1, 0.15) is 18.1 Å². The molecule has 2 rings (SSSR count). The van der Waals surface area contributed by atoms with Crippen LogP contribution in [-0.2, 0) is 23.5 Å². The second-order valence-corrected chi connectivity index (χ2v) is 3.05. The second kappa shape index (κ2) is 7.61. The van der Waals surface area contributed by atoms with Crippen LogP contribution in [-0.4, -0.2) is 0 Å². The molecule has 0 nitrogen and oxygen atoms in total. The van der Waals surface area contributed by atoms with E-state index in [4.69, 9.17) is 0 Å². The summed E-state index contributed by atoms with van der Waals surface area (Å²) in [5, 5.41) is 0. The molecule has 2 aromatic carbocycles. The molecule has 0 N–H and O–H groups in total. The molecule has 0 aliphatic heterocycles. The zero-order chi connectivity index (χ0) is 9.52. The third kappa shape index (κ3) is 4.45. The Morgan fingerprint density at radius 2 is 1.86 bits per heavy atom. The maximum absolute atomic E-state index is 2.18. The summed E-state index contributed by atoms with van der Waals surface area (Å²) < 4.78 is 0.